The monoisotopic (exact) mass is 195 g/mol. The Morgan fingerprint density at radius 1 is 1.21 bits per heavy atom. The van der Waals surface area contributed by atoms with E-state index in [9.17, 15) is 0 Å². The zero-order valence-electron chi connectivity index (χ0n) is 9.81. The number of hydrogen-bond donors (Lipinski definition) is 1. The van der Waals surface area contributed by atoms with Crippen molar-refractivity contribution in [2.24, 2.45) is 11.3 Å². The molecule has 0 bridgehead atoms. The molecule has 0 aromatic carbocycles. The molecule has 1 nitrogen and oxygen atoms in total. The molecule has 0 saturated heterocycles. The van der Waals surface area contributed by atoms with Crippen LogP contribution in [0.25, 0.3) is 0 Å². The molecule has 2 aliphatic carbocycles. The highest BCUT2D eigenvalue weighted by atomic mass is 14.9. The lowest BCUT2D eigenvalue weighted by molar-refractivity contribution is 0.300. The van der Waals surface area contributed by atoms with Crippen molar-refractivity contribution in [1.82, 2.24) is 5.32 Å². The van der Waals surface area contributed by atoms with Crippen molar-refractivity contribution in [3.05, 3.63) is 0 Å². The van der Waals surface area contributed by atoms with Crippen LogP contribution in [0.5, 0.6) is 0 Å². The largest absolute Gasteiger partial charge is 0.313 e. The van der Waals surface area contributed by atoms with Gasteiger partial charge in [0.1, 0.15) is 0 Å². The van der Waals surface area contributed by atoms with Gasteiger partial charge in [-0.25, -0.2) is 0 Å². The second-order valence-corrected chi connectivity index (χ2v) is 5.79. The highest BCUT2D eigenvalue weighted by Gasteiger charge is 2.42. The van der Waals surface area contributed by atoms with Gasteiger partial charge in [-0.15, -0.1) is 0 Å². The molecule has 0 spiro atoms. The Kier molecular flexibility index (Phi) is 3.16. The van der Waals surface area contributed by atoms with Crippen LogP contribution in [0.4, 0.5) is 0 Å². The van der Waals surface area contributed by atoms with Crippen LogP contribution in [0.15, 0.2) is 0 Å². The molecule has 0 heterocycles. The summed E-state index contributed by atoms with van der Waals surface area (Å²) in [6, 6.07) is 0.740. The van der Waals surface area contributed by atoms with Crippen LogP contribution >= 0.6 is 0 Å². The molecule has 1 unspecified atom stereocenters. The highest BCUT2D eigenvalue weighted by Crippen LogP contribution is 2.47. The summed E-state index contributed by atoms with van der Waals surface area (Å²) in [5.74, 6) is 0.980. The summed E-state index contributed by atoms with van der Waals surface area (Å²) in [5.41, 5.74) is 0.647. The molecule has 2 rings (SSSR count). The summed E-state index contributed by atoms with van der Waals surface area (Å²) in [5, 5.41) is 3.75. The van der Waals surface area contributed by atoms with Gasteiger partial charge in [0.25, 0.3) is 0 Å². The first-order valence-electron chi connectivity index (χ1n) is 6.44. The topological polar surface area (TPSA) is 12.0 Å². The van der Waals surface area contributed by atoms with Crippen LogP contribution in [0.3, 0.4) is 0 Å². The molecule has 0 radical (unpaired) electrons. The van der Waals surface area contributed by atoms with Gasteiger partial charge in [-0.1, -0.05) is 26.2 Å². The lowest BCUT2D eigenvalue weighted by Crippen LogP contribution is -2.37. The number of nitrogens with one attached hydrogen (secondary N) is 1. The van der Waals surface area contributed by atoms with E-state index in [0.29, 0.717) is 5.41 Å². The molecule has 2 aliphatic rings. The van der Waals surface area contributed by atoms with E-state index in [2.05, 4.69) is 19.2 Å². The van der Waals surface area contributed by atoms with E-state index >= 15 is 0 Å². The van der Waals surface area contributed by atoms with E-state index in [1.807, 2.05) is 0 Å². The summed E-state index contributed by atoms with van der Waals surface area (Å²) in [6.07, 6.45) is 10.2. The lowest BCUT2D eigenvalue weighted by atomic mass is 9.88. The molecule has 0 aromatic rings. The number of rotatable bonds is 4. The Labute approximate surface area is 88.7 Å². The van der Waals surface area contributed by atoms with Crippen LogP contribution in [-0.2, 0) is 0 Å². The molecular formula is C13H25N. The second kappa shape index (κ2) is 4.22. The molecule has 2 saturated carbocycles. The molecule has 0 aliphatic heterocycles. The van der Waals surface area contributed by atoms with Crippen LogP contribution in [0.1, 0.15) is 58.8 Å². The summed E-state index contributed by atoms with van der Waals surface area (Å²) < 4.78 is 0. The van der Waals surface area contributed by atoms with Crippen molar-refractivity contribution in [2.45, 2.75) is 64.8 Å². The molecule has 1 heteroatoms. The van der Waals surface area contributed by atoms with Crippen LogP contribution < -0.4 is 5.32 Å². The fourth-order valence-electron chi connectivity index (χ4n) is 2.61. The molecule has 0 aromatic heterocycles. The number of hydrogen-bond acceptors (Lipinski definition) is 1. The van der Waals surface area contributed by atoms with E-state index in [-0.39, 0.29) is 0 Å². The van der Waals surface area contributed by atoms with Gasteiger partial charge in [-0.3, -0.25) is 0 Å². The summed E-state index contributed by atoms with van der Waals surface area (Å²) in [4.78, 5) is 0. The first-order chi connectivity index (χ1) is 6.71. The van der Waals surface area contributed by atoms with Crippen LogP contribution in [0, 0.1) is 11.3 Å². The molecular weight excluding hydrogens is 170 g/mol. The minimum absolute atomic E-state index is 0.647. The normalized spacial score (nSPS) is 28.7. The Morgan fingerprint density at radius 2 is 1.86 bits per heavy atom. The first-order valence-corrected chi connectivity index (χ1v) is 6.44. The minimum Gasteiger partial charge on any atom is -0.313 e. The van der Waals surface area contributed by atoms with Crippen molar-refractivity contribution in [2.75, 3.05) is 6.54 Å². The maximum absolute atomic E-state index is 3.75. The predicted octanol–water partition coefficient (Wildman–Crippen LogP) is 3.34. The van der Waals surface area contributed by atoms with Gasteiger partial charge in [-0.05, 0) is 50.5 Å². The van der Waals surface area contributed by atoms with E-state index in [0.717, 1.165) is 12.0 Å². The molecule has 82 valence electrons. The first kappa shape index (κ1) is 10.5. The van der Waals surface area contributed by atoms with Gasteiger partial charge in [0, 0.05) is 6.04 Å². The smallest absolute Gasteiger partial charge is 0.00926 e. The van der Waals surface area contributed by atoms with E-state index < -0.39 is 0 Å². The summed E-state index contributed by atoms with van der Waals surface area (Å²) in [6.45, 7) is 6.07. The fourth-order valence-corrected chi connectivity index (χ4v) is 2.61. The summed E-state index contributed by atoms with van der Waals surface area (Å²) >= 11 is 0. The Balaban J connectivity index is 1.65. The third-order valence-electron chi connectivity index (χ3n) is 4.52. The highest BCUT2D eigenvalue weighted by molar-refractivity contribution is 4.96. The zero-order valence-corrected chi connectivity index (χ0v) is 9.81. The van der Waals surface area contributed by atoms with Crippen LogP contribution in [0.2, 0.25) is 0 Å². The second-order valence-electron chi connectivity index (χ2n) is 5.79. The minimum atomic E-state index is 0.647. The van der Waals surface area contributed by atoms with Crippen molar-refractivity contribution in [1.29, 1.82) is 0 Å². The maximum atomic E-state index is 3.75. The molecule has 1 atom stereocenters. The summed E-state index contributed by atoms with van der Waals surface area (Å²) in [7, 11) is 0. The van der Waals surface area contributed by atoms with Crippen LogP contribution in [-0.4, -0.2) is 12.6 Å². The Hall–Kier alpha value is -0.0400. The maximum Gasteiger partial charge on any atom is 0.00926 e. The SMILES string of the molecule is CC(NCC1CCCCC1)C1(C)CC1. The third kappa shape index (κ3) is 2.50. The van der Waals surface area contributed by atoms with E-state index in [1.54, 1.807) is 0 Å². The molecule has 14 heavy (non-hydrogen) atoms. The van der Waals surface area contributed by atoms with Gasteiger partial charge < -0.3 is 5.32 Å². The molecule has 0 amide bonds. The third-order valence-corrected chi connectivity index (χ3v) is 4.52. The van der Waals surface area contributed by atoms with Crippen molar-refractivity contribution >= 4 is 0 Å². The predicted molar refractivity (Wildman–Crippen MR) is 61.4 cm³/mol. The van der Waals surface area contributed by atoms with E-state index in [1.165, 1.54) is 51.5 Å². The fraction of sp³-hybridized carbons (Fsp3) is 1.00. The standard InChI is InChI=1S/C13H25N/c1-11(13(2)8-9-13)14-10-12-6-4-3-5-7-12/h11-12,14H,3-10H2,1-2H3. The van der Waals surface area contributed by atoms with E-state index in [4.69, 9.17) is 0 Å². The Bertz CT molecular complexity index is 178. The quantitative estimate of drug-likeness (QED) is 0.725. The van der Waals surface area contributed by atoms with Gasteiger partial charge in [0.15, 0.2) is 0 Å². The van der Waals surface area contributed by atoms with Crippen molar-refractivity contribution in [3.63, 3.8) is 0 Å². The lowest BCUT2D eigenvalue weighted by Gasteiger charge is -2.26. The molecule has 2 fully saturated rings. The van der Waals surface area contributed by atoms with Gasteiger partial charge in [0.05, 0.1) is 0 Å². The van der Waals surface area contributed by atoms with Gasteiger partial charge in [0.2, 0.25) is 0 Å². The zero-order chi connectivity index (χ0) is 10.0. The van der Waals surface area contributed by atoms with Crippen molar-refractivity contribution in [3.8, 4) is 0 Å². The average molecular weight is 195 g/mol. The molecule has 1 N–H and O–H groups in total. The average Bonchev–Trinajstić information content (AvgIpc) is 2.96. The van der Waals surface area contributed by atoms with Crippen molar-refractivity contribution < 1.29 is 0 Å². The van der Waals surface area contributed by atoms with Gasteiger partial charge >= 0.3 is 0 Å². The Morgan fingerprint density at radius 3 is 2.43 bits per heavy atom. The van der Waals surface area contributed by atoms with Gasteiger partial charge in [-0.2, -0.15) is 0 Å².